The summed E-state index contributed by atoms with van der Waals surface area (Å²) in [6, 6.07) is 5.33. The van der Waals surface area contributed by atoms with Crippen LogP contribution in [0, 0.1) is 0 Å². The summed E-state index contributed by atoms with van der Waals surface area (Å²) in [4.78, 5) is 53.4. The number of amides is 3. The number of carboxylic acid groups (broad SMARTS) is 1. The number of rotatable bonds is 7. The minimum atomic E-state index is -0.743. The molecule has 9 nitrogen and oxygen atoms in total. The fourth-order valence-corrected chi connectivity index (χ4v) is 4.58. The molecule has 0 aromatic heterocycles. The lowest BCUT2D eigenvalue weighted by atomic mass is 10.0. The number of imide groups is 1. The predicted molar refractivity (Wildman–Crippen MR) is 113 cm³/mol. The highest BCUT2D eigenvalue weighted by molar-refractivity contribution is 6.05. The van der Waals surface area contributed by atoms with E-state index in [4.69, 9.17) is 5.11 Å². The predicted octanol–water partition coefficient (Wildman–Crippen LogP) is 0.825. The lowest BCUT2D eigenvalue weighted by Crippen LogP contribution is -2.52. The summed E-state index contributed by atoms with van der Waals surface area (Å²) in [5, 5.41) is 11.1. The molecule has 4 rings (SSSR count). The number of nitrogens with zero attached hydrogens (tertiary/aromatic N) is 3. The van der Waals surface area contributed by atoms with E-state index in [0.717, 1.165) is 50.4 Å². The van der Waals surface area contributed by atoms with Gasteiger partial charge in [0.05, 0.1) is 0 Å². The van der Waals surface area contributed by atoms with Crippen molar-refractivity contribution >= 4 is 29.4 Å². The van der Waals surface area contributed by atoms with Gasteiger partial charge in [0.25, 0.3) is 5.91 Å². The monoisotopic (exact) mass is 428 g/mol. The number of hydrogen-bond acceptors (Lipinski definition) is 6. The van der Waals surface area contributed by atoms with Crippen molar-refractivity contribution < 1.29 is 24.3 Å². The molecule has 3 heterocycles. The van der Waals surface area contributed by atoms with Gasteiger partial charge in [0.2, 0.25) is 11.8 Å². The topological polar surface area (TPSA) is 110 Å². The Morgan fingerprint density at radius 3 is 2.58 bits per heavy atom. The van der Waals surface area contributed by atoms with E-state index in [9.17, 15) is 19.2 Å². The number of anilines is 1. The second-order valence-electron chi connectivity index (χ2n) is 8.42. The summed E-state index contributed by atoms with van der Waals surface area (Å²) in [7, 11) is 0. The molecule has 2 saturated heterocycles. The molecule has 166 valence electrons. The first-order valence-electron chi connectivity index (χ1n) is 10.9. The van der Waals surface area contributed by atoms with Crippen LogP contribution in [0.5, 0.6) is 0 Å². The fraction of sp³-hybridized carbons (Fsp3) is 0.545. The van der Waals surface area contributed by atoms with Crippen LogP contribution in [-0.4, -0.2) is 77.4 Å². The highest BCUT2D eigenvalue weighted by Gasteiger charge is 2.39. The molecule has 0 bridgehead atoms. The van der Waals surface area contributed by atoms with Gasteiger partial charge in [-0.3, -0.25) is 29.4 Å². The van der Waals surface area contributed by atoms with E-state index in [2.05, 4.69) is 15.1 Å². The number of unbranched alkanes of at least 4 members (excludes halogenated alkanes) is 1. The zero-order valence-electron chi connectivity index (χ0n) is 17.5. The first-order chi connectivity index (χ1) is 14.9. The molecule has 9 heteroatoms. The van der Waals surface area contributed by atoms with Gasteiger partial charge in [0.1, 0.15) is 6.04 Å². The molecular formula is C22H28N4O5. The SMILES string of the molecule is O=C(O)CCCCN1CCN(c2ccc3c(c2)C(=O)N(C2CCC(=O)NC2=O)C3)CC1. The van der Waals surface area contributed by atoms with Gasteiger partial charge in [0.15, 0.2) is 0 Å². The van der Waals surface area contributed by atoms with E-state index in [0.29, 0.717) is 24.9 Å². The second-order valence-corrected chi connectivity index (χ2v) is 8.42. The van der Waals surface area contributed by atoms with Crippen LogP contribution >= 0.6 is 0 Å². The van der Waals surface area contributed by atoms with Gasteiger partial charge < -0.3 is 14.9 Å². The van der Waals surface area contributed by atoms with Gasteiger partial charge in [-0.2, -0.15) is 0 Å². The van der Waals surface area contributed by atoms with Gasteiger partial charge in [0, 0.05) is 56.8 Å². The van der Waals surface area contributed by atoms with Crippen LogP contribution in [0.2, 0.25) is 0 Å². The van der Waals surface area contributed by atoms with Crippen molar-refractivity contribution in [2.45, 2.75) is 44.7 Å². The minimum absolute atomic E-state index is 0.150. The van der Waals surface area contributed by atoms with Crippen molar-refractivity contribution in [2.24, 2.45) is 0 Å². The summed E-state index contributed by atoms with van der Waals surface area (Å²) in [6.07, 6.45) is 2.43. The Hall–Kier alpha value is -2.94. The molecule has 0 aliphatic carbocycles. The number of aliphatic carboxylic acids is 1. The van der Waals surface area contributed by atoms with Crippen molar-refractivity contribution in [3.63, 3.8) is 0 Å². The van der Waals surface area contributed by atoms with E-state index in [1.54, 1.807) is 4.90 Å². The molecule has 2 N–H and O–H groups in total. The lowest BCUT2D eigenvalue weighted by Gasteiger charge is -2.36. The third-order valence-electron chi connectivity index (χ3n) is 6.36. The van der Waals surface area contributed by atoms with Crippen molar-refractivity contribution in [1.29, 1.82) is 0 Å². The molecule has 1 aromatic rings. The Labute approximate surface area is 181 Å². The molecule has 1 aromatic carbocycles. The van der Waals surface area contributed by atoms with Crippen LogP contribution in [0.15, 0.2) is 18.2 Å². The Morgan fingerprint density at radius 1 is 1.10 bits per heavy atom. The molecule has 2 fully saturated rings. The van der Waals surface area contributed by atoms with Crippen LogP contribution in [0.3, 0.4) is 0 Å². The Kier molecular flexibility index (Phi) is 6.22. The zero-order valence-corrected chi connectivity index (χ0v) is 17.5. The van der Waals surface area contributed by atoms with E-state index >= 15 is 0 Å². The van der Waals surface area contributed by atoms with Crippen molar-refractivity contribution in [3.05, 3.63) is 29.3 Å². The van der Waals surface area contributed by atoms with Crippen molar-refractivity contribution in [1.82, 2.24) is 15.1 Å². The Balaban J connectivity index is 1.34. The van der Waals surface area contributed by atoms with Crippen LogP contribution in [0.4, 0.5) is 5.69 Å². The Bertz CT molecular complexity index is 894. The highest BCUT2D eigenvalue weighted by atomic mass is 16.4. The first-order valence-corrected chi connectivity index (χ1v) is 10.9. The molecule has 1 atom stereocenters. The summed E-state index contributed by atoms with van der Waals surface area (Å²) in [6.45, 7) is 4.81. The van der Waals surface area contributed by atoms with Gasteiger partial charge in [-0.05, 0) is 43.5 Å². The van der Waals surface area contributed by atoms with Crippen molar-refractivity contribution in [3.8, 4) is 0 Å². The number of carboxylic acids is 1. The number of fused-ring (bicyclic) bond motifs is 1. The highest BCUT2D eigenvalue weighted by Crippen LogP contribution is 2.30. The number of benzene rings is 1. The summed E-state index contributed by atoms with van der Waals surface area (Å²) < 4.78 is 0. The third kappa shape index (κ3) is 4.71. The maximum absolute atomic E-state index is 13.0. The second kappa shape index (κ2) is 9.05. The van der Waals surface area contributed by atoms with Crippen LogP contribution in [0.1, 0.15) is 48.0 Å². The third-order valence-corrected chi connectivity index (χ3v) is 6.36. The van der Waals surface area contributed by atoms with E-state index in [1.165, 1.54) is 0 Å². The van der Waals surface area contributed by atoms with Crippen molar-refractivity contribution in [2.75, 3.05) is 37.6 Å². The Morgan fingerprint density at radius 2 is 1.87 bits per heavy atom. The van der Waals surface area contributed by atoms with E-state index < -0.39 is 17.9 Å². The number of carbonyl (C=O) groups is 4. The minimum Gasteiger partial charge on any atom is -0.481 e. The molecule has 0 radical (unpaired) electrons. The lowest BCUT2D eigenvalue weighted by molar-refractivity contribution is -0.138. The molecule has 3 aliphatic heterocycles. The standard InChI is InChI=1S/C22H28N4O5/c27-19-7-6-18(21(30)23-19)26-14-15-4-5-16(13-17(15)22(26)31)25-11-9-24(10-12-25)8-2-1-3-20(28)29/h4-5,13,18H,1-3,6-12,14H2,(H,28,29)(H,23,27,30). The molecular weight excluding hydrogens is 400 g/mol. The van der Waals surface area contributed by atoms with E-state index in [-0.39, 0.29) is 24.7 Å². The number of hydrogen-bond donors (Lipinski definition) is 2. The quantitative estimate of drug-likeness (QED) is 0.489. The summed E-state index contributed by atoms with van der Waals surface area (Å²) in [5.41, 5.74) is 2.55. The fourth-order valence-electron chi connectivity index (χ4n) is 4.58. The average molecular weight is 428 g/mol. The number of carbonyl (C=O) groups excluding carboxylic acids is 3. The first kappa shape index (κ1) is 21.3. The van der Waals surface area contributed by atoms with E-state index in [1.807, 2.05) is 18.2 Å². The number of piperazine rings is 1. The molecule has 3 amide bonds. The zero-order chi connectivity index (χ0) is 22.0. The van der Waals surface area contributed by atoms with Gasteiger partial charge in [-0.25, -0.2) is 0 Å². The van der Waals surface area contributed by atoms with Gasteiger partial charge >= 0.3 is 5.97 Å². The normalized spacial score (nSPS) is 21.9. The smallest absolute Gasteiger partial charge is 0.303 e. The van der Waals surface area contributed by atoms with Gasteiger partial charge in [-0.15, -0.1) is 0 Å². The largest absolute Gasteiger partial charge is 0.481 e. The maximum atomic E-state index is 13.0. The van der Waals surface area contributed by atoms with Crippen LogP contribution in [0.25, 0.3) is 0 Å². The maximum Gasteiger partial charge on any atom is 0.303 e. The molecule has 0 spiro atoms. The number of piperidine rings is 1. The average Bonchev–Trinajstić information content (AvgIpc) is 3.07. The molecule has 0 saturated carbocycles. The van der Waals surface area contributed by atoms with Gasteiger partial charge in [-0.1, -0.05) is 6.07 Å². The number of nitrogens with one attached hydrogen (secondary N) is 1. The summed E-state index contributed by atoms with van der Waals surface area (Å²) in [5.74, 6) is -1.57. The molecule has 31 heavy (non-hydrogen) atoms. The van der Waals surface area contributed by atoms with Crippen LogP contribution < -0.4 is 10.2 Å². The molecule has 1 unspecified atom stereocenters. The summed E-state index contributed by atoms with van der Waals surface area (Å²) >= 11 is 0. The van der Waals surface area contributed by atoms with Crippen LogP contribution in [-0.2, 0) is 20.9 Å². The molecule has 3 aliphatic rings.